The predicted molar refractivity (Wildman–Crippen MR) is 63.2 cm³/mol. The third-order valence-corrected chi connectivity index (χ3v) is 2.61. The van der Waals surface area contributed by atoms with Crippen LogP contribution in [0.25, 0.3) is 0 Å². The second-order valence-corrected chi connectivity index (χ2v) is 4.01. The van der Waals surface area contributed by atoms with Crippen molar-refractivity contribution in [2.75, 3.05) is 0 Å². The van der Waals surface area contributed by atoms with E-state index in [1.54, 1.807) is 4.68 Å². The maximum atomic E-state index is 5.82. The Bertz CT molecular complexity index is 475. The smallest absolute Gasteiger partial charge is 0.164 e. The molecule has 0 aliphatic rings. The molecule has 2 aromatic rings. The molecule has 4 nitrogen and oxygen atoms in total. The molecular weight excluding hydrogens is 224 g/mol. The third-order valence-electron chi connectivity index (χ3n) is 2.36. The average Bonchev–Trinajstić information content (AvgIpc) is 2.63. The highest BCUT2D eigenvalue weighted by Crippen LogP contribution is 2.12. The molecule has 0 aliphatic heterocycles. The summed E-state index contributed by atoms with van der Waals surface area (Å²) in [7, 11) is 1.87. The van der Waals surface area contributed by atoms with Crippen LogP contribution in [0.4, 0.5) is 0 Å². The molecule has 0 amide bonds. The van der Waals surface area contributed by atoms with Gasteiger partial charge < -0.3 is 5.73 Å². The summed E-state index contributed by atoms with van der Waals surface area (Å²) in [4.78, 5) is 4.34. The van der Waals surface area contributed by atoms with Crippen LogP contribution in [-0.2, 0) is 20.0 Å². The first-order valence-electron chi connectivity index (χ1n) is 5.02. The molecule has 0 aliphatic carbocycles. The van der Waals surface area contributed by atoms with Crippen molar-refractivity contribution in [3.63, 3.8) is 0 Å². The van der Waals surface area contributed by atoms with E-state index in [-0.39, 0.29) is 0 Å². The Kier molecular flexibility index (Phi) is 3.22. The molecule has 0 bridgehead atoms. The highest BCUT2D eigenvalue weighted by atomic mass is 35.5. The van der Waals surface area contributed by atoms with Gasteiger partial charge in [0.15, 0.2) is 5.82 Å². The number of halogens is 1. The number of aromatic nitrogens is 3. The lowest BCUT2D eigenvalue weighted by molar-refractivity contribution is 0.705. The third kappa shape index (κ3) is 2.40. The van der Waals surface area contributed by atoms with Gasteiger partial charge in [0, 0.05) is 18.5 Å². The normalized spacial score (nSPS) is 10.7. The number of hydrogen-bond acceptors (Lipinski definition) is 3. The molecule has 0 saturated heterocycles. The van der Waals surface area contributed by atoms with Crippen LogP contribution in [0.5, 0.6) is 0 Å². The highest BCUT2D eigenvalue weighted by molar-refractivity contribution is 6.30. The van der Waals surface area contributed by atoms with Gasteiger partial charge in [-0.25, -0.2) is 4.98 Å². The van der Waals surface area contributed by atoms with Crippen molar-refractivity contribution in [3.8, 4) is 0 Å². The first-order valence-corrected chi connectivity index (χ1v) is 5.40. The highest BCUT2D eigenvalue weighted by Gasteiger charge is 2.06. The molecule has 1 heterocycles. The standard InChI is InChI=1S/C11H13ClN4/c1-16-11(14-10(7-13)15-16)6-8-2-4-9(12)5-3-8/h2-5H,6-7,13H2,1H3. The summed E-state index contributed by atoms with van der Waals surface area (Å²) >= 11 is 5.82. The van der Waals surface area contributed by atoms with Crippen molar-refractivity contribution in [1.82, 2.24) is 14.8 Å². The summed E-state index contributed by atoms with van der Waals surface area (Å²) in [6, 6.07) is 7.71. The van der Waals surface area contributed by atoms with Gasteiger partial charge in [0.05, 0.1) is 6.54 Å². The van der Waals surface area contributed by atoms with Gasteiger partial charge in [0.1, 0.15) is 5.82 Å². The maximum absolute atomic E-state index is 5.82. The van der Waals surface area contributed by atoms with Crippen molar-refractivity contribution in [1.29, 1.82) is 0 Å². The van der Waals surface area contributed by atoms with Crippen LogP contribution in [-0.4, -0.2) is 14.8 Å². The second kappa shape index (κ2) is 4.63. The van der Waals surface area contributed by atoms with Crippen molar-refractivity contribution in [2.45, 2.75) is 13.0 Å². The van der Waals surface area contributed by atoms with E-state index in [0.717, 1.165) is 22.8 Å². The SMILES string of the molecule is Cn1nc(CN)nc1Cc1ccc(Cl)cc1. The largest absolute Gasteiger partial charge is 0.324 e. The van der Waals surface area contributed by atoms with Crippen molar-refractivity contribution < 1.29 is 0 Å². The van der Waals surface area contributed by atoms with Gasteiger partial charge in [-0.3, -0.25) is 4.68 Å². The minimum atomic E-state index is 0.370. The maximum Gasteiger partial charge on any atom is 0.164 e. The first-order chi connectivity index (χ1) is 7.69. The number of nitrogens with two attached hydrogens (primary N) is 1. The zero-order chi connectivity index (χ0) is 11.5. The van der Waals surface area contributed by atoms with Crippen molar-refractivity contribution in [3.05, 3.63) is 46.5 Å². The summed E-state index contributed by atoms with van der Waals surface area (Å²) in [6.07, 6.45) is 0.737. The molecule has 0 saturated carbocycles. The molecule has 0 atom stereocenters. The van der Waals surface area contributed by atoms with Gasteiger partial charge >= 0.3 is 0 Å². The minimum absolute atomic E-state index is 0.370. The van der Waals surface area contributed by atoms with Crippen LogP contribution in [0.2, 0.25) is 5.02 Å². The van der Waals surface area contributed by atoms with Gasteiger partial charge in [0.25, 0.3) is 0 Å². The number of aryl methyl sites for hydroxylation is 1. The first kappa shape index (κ1) is 11.1. The van der Waals surface area contributed by atoms with Crippen LogP contribution in [0.1, 0.15) is 17.2 Å². The minimum Gasteiger partial charge on any atom is -0.324 e. The van der Waals surface area contributed by atoms with E-state index >= 15 is 0 Å². The number of rotatable bonds is 3. The summed E-state index contributed by atoms with van der Waals surface area (Å²) in [6.45, 7) is 0.370. The monoisotopic (exact) mass is 236 g/mol. The molecule has 2 N–H and O–H groups in total. The Morgan fingerprint density at radius 2 is 2.00 bits per heavy atom. The number of nitrogens with zero attached hydrogens (tertiary/aromatic N) is 3. The molecule has 0 fully saturated rings. The average molecular weight is 237 g/mol. The summed E-state index contributed by atoms with van der Waals surface area (Å²) in [5, 5.41) is 4.94. The Hall–Kier alpha value is -1.39. The van der Waals surface area contributed by atoms with E-state index in [1.165, 1.54) is 0 Å². The fourth-order valence-corrected chi connectivity index (χ4v) is 1.63. The molecule has 0 unspecified atom stereocenters. The Balaban J connectivity index is 2.19. The van der Waals surface area contributed by atoms with E-state index in [2.05, 4.69) is 10.1 Å². The zero-order valence-corrected chi connectivity index (χ0v) is 9.78. The summed E-state index contributed by atoms with van der Waals surface area (Å²) < 4.78 is 1.76. The molecule has 0 radical (unpaired) electrons. The quantitative estimate of drug-likeness (QED) is 0.879. The fraction of sp³-hybridized carbons (Fsp3) is 0.273. The van der Waals surface area contributed by atoms with Crippen LogP contribution in [0, 0.1) is 0 Å². The zero-order valence-electron chi connectivity index (χ0n) is 9.02. The molecule has 5 heteroatoms. The van der Waals surface area contributed by atoms with E-state index < -0.39 is 0 Å². The van der Waals surface area contributed by atoms with E-state index in [9.17, 15) is 0 Å². The van der Waals surface area contributed by atoms with Crippen LogP contribution in [0.3, 0.4) is 0 Å². The van der Waals surface area contributed by atoms with Crippen molar-refractivity contribution >= 4 is 11.6 Å². The Morgan fingerprint density at radius 1 is 1.31 bits per heavy atom. The number of benzene rings is 1. The second-order valence-electron chi connectivity index (χ2n) is 3.58. The number of hydrogen-bond donors (Lipinski definition) is 1. The lowest BCUT2D eigenvalue weighted by Crippen LogP contribution is -2.00. The molecular formula is C11H13ClN4. The molecule has 16 heavy (non-hydrogen) atoms. The Morgan fingerprint density at radius 3 is 2.56 bits per heavy atom. The molecule has 0 spiro atoms. The van der Waals surface area contributed by atoms with Crippen LogP contribution >= 0.6 is 11.6 Å². The van der Waals surface area contributed by atoms with Crippen LogP contribution in [0.15, 0.2) is 24.3 Å². The molecule has 1 aromatic heterocycles. The topological polar surface area (TPSA) is 56.7 Å². The lowest BCUT2D eigenvalue weighted by Gasteiger charge is -2.00. The van der Waals surface area contributed by atoms with Gasteiger partial charge in [-0.2, -0.15) is 5.10 Å². The van der Waals surface area contributed by atoms with E-state index in [0.29, 0.717) is 12.4 Å². The molecule has 84 valence electrons. The lowest BCUT2D eigenvalue weighted by atomic mass is 10.1. The summed E-state index contributed by atoms with van der Waals surface area (Å²) in [5.74, 6) is 1.58. The van der Waals surface area contributed by atoms with E-state index in [1.807, 2.05) is 31.3 Å². The van der Waals surface area contributed by atoms with Gasteiger partial charge in [-0.1, -0.05) is 23.7 Å². The van der Waals surface area contributed by atoms with Crippen LogP contribution < -0.4 is 5.73 Å². The van der Waals surface area contributed by atoms with Gasteiger partial charge in [-0.15, -0.1) is 0 Å². The Labute approximate surface area is 99.1 Å². The molecule has 1 aromatic carbocycles. The van der Waals surface area contributed by atoms with Gasteiger partial charge in [0.2, 0.25) is 0 Å². The van der Waals surface area contributed by atoms with Crippen molar-refractivity contribution in [2.24, 2.45) is 12.8 Å². The summed E-state index contributed by atoms with van der Waals surface area (Å²) in [5.41, 5.74) is 6.65. The predicted octanol–water partition coefficient (Wildman–Crippen LogP) is 1.52. The fourth-order valence-electron chi connectivity index (χ4n) is 1.50. The molecule has 2 rings (SSSR count). The van der Waals surface area contributed by atoms with Gasteiger partial charge in [-0.05, 0) is 17.7 Å². The van der Waals surface area contributed by atoms with E-state index in [4.69, 9.17) is 17.3 Å².